The van der Waals surface area contributed by atoms with E-state index in [-0.39, 0.29) is 55.5 Å². The fourth-order valence-electron chi connectivity index (χ4n) is 9.18. The first kappa shape index (κ1) is 48.0. The summed E-state index contributed by atoms with van der Waals surface area (Å²) in [5.41, 5.74) is 8.27. The topological polar surface area (TPSA) is 229 Å². The molecule has 19 heteroatoms. The van der Waals surface area contributed by atoms with Crippen LogP contribution >= 0.6 is 11.8 Å². The van der Waals surface area contributed by atoms with E-state index in [1.165, 1.54) is 16.7 Å². The van der Waals surface area contributed by atoms with Gasteiger partial charge in [0.05, 0.1) is 18.0 Å². The Labute approximate surface area is 400 Å². The number of nitrogens with one attached hydrogen (secondary N) is 3. The van der Waals surface area contributed by atoms with Gasteiger partial charge in [0.2, 0.25) is 29.6 Å². The van der Waals surface area contributed by atoms with Crippen LogP contribution in [-0.2, 0) is 32.3 Å². The van der Waals surface area contributed by atoms with E-state index in [4.69, 9.17) is 5.73 Å². The molecule has 0 saturated carbocycles. The maximum Gasteiger partial charge on any atom is 0.255 e. The van der Waals surface area contributed by atoms with Gasteiger partial charge in [0.1, 0.15) is 16.9 Å². The number of primary amides is 1. The number of hydrogen-bond acceptors (Lipinski definition) is 14. The predicted molar refractivity (Wildman–Crippen MR) is 257 cm³/mol. The van der Waals surface area contributed by atoms with Crippen LogP contribution in [0.2, 0.25) is 0 Å². The van der Waals surface area contributed by atoms with Crippen LogP contribution in [0.15, 0.2) is 77.2 Å². The van der Waals surface area contributed by atoms with Gasteiger partial charge in [-0.3, -0.25) is 39.0 Å². The van der Waals surface area contributed by atoms with E-state index >= 15 is 0 Å². The molecular weight excluding hydrogens is 885 g/mol. The Hall–Kier alpha value is -6.47. The molecule has 6 heterocycles. The minimum Gasteiger partial charge on any atom is -0.369 e. The molecule has 0 radical (unpaired) electrons. The molecule has 4 aliphatic heterocycles. The molecule has 5 N–H and O–H groups in total. The van der Waals surface area contributed by atoms with E-state index in [0.29, 0.717) is 49.4 Å². The van der Waals surface area contributed by atoms with Crippen molar-refractivity contribution in [3.8, 4) is 0 Å². The number of amides is 6. The van der Waals surface area contributed by atoms with Crippen molar-refractivity contribution < 1.29 is 28.8 Å². The van der Waals surface area contributed by atoms with E-state index < -0.39 is 17.4 Å². The quantitative estimate of drug-likeness (QED) is 0.0739. The summed E-state index contributed by atoms with van der Waals surface area (Å²) in [4.78, 5) is 102. The van der Waals surface area contributed by atoms with Crippen LogP contribution in [0.25, 0.3) is 0 Å². The summed E-state index contributed by atoms with van der Waals surface area (Å²) in [5, 5.41) is 9.05. The maximum atomic E-state index is 13.2. The van der Waals surface area contributed by atoms with Crippen molar-refractivity contribution in [3.63, 3.8) is 0 Å². The first-order valence-corrected chi connectivity index (χ1v) is 24.5. The molecule has 0 bridgehead atoms. The van der Waals surface area contributed by atoms with Gasteiger partial charge >= 0.3 is 0 Å². The first-order valence-electron chi connectivity index (χ1n) is 23.7. The fourth-order valence-corrected chi connectivity index (χ4v) is 9.96. The molecule has 358 valence electrons. The van der Waals surface area contributed by atoms with Crippen molar-refractivity contribution in [1.82, 2.24) is 40.4 Å². The molecule has 2 aromatic heterocycles. The Morgan fingerprint density at radius 2 is 1.57 bits per heavy atom. The molecule has 4 aromatic rings. The zero-order chi connectivity index (χ0) is 47.6. The number of rotatable bonds is 19. The molecule has 1 atom stereocenters. The lowest BCUT2D eigenvalue weighted by molar-refractivity contribution is -0.137. The number of imide groups is 1. The highest BCUT2D eigenvalue weighted by Crippen LogP contribution is 2.34. The highest BCUT2D eigenvalue weighted by molar-refractivity contribution is 7.99. The van der Waals surface area contributed by atoms with E-state index in [2.05, 4.69) is 50.6 Å². The van der Waals surface area contributed by atoms with Gasteiger partial charge in [-0.05, 0) is 74.0 Å². The van der Waals surface area contributed by atoms with Gasteiger partial charge in [-0.25, -0.2) is 19.9 Å². The van der Waals surface area contributed by atoms with Crippen LogP contribution in [-0.4, -0.2) is 117 Å². The predicted octanol–water partition coefficient (Wildman–Crippen LogP) is 4.69. The summed E-state index contributed by atoms with van der Waals surface area (Å²) in [6, 6.07) is 12.4. The molecule has 8 rings (SSSR count). The Bertz CT molecular complexity index is 2470. The molecule has 6 amide bonds. The van der Waals surface area contributed by atoms with Gasteiger partial charge in [-0.2, -0.15) is 0 Å². The van der Waals surface area contributed by atoms with Crippen molar-refractivity contribution in [1.29, 1.82) is 0 Å². The van der Waals surface area contributed by atoms with Gasteiger partial charge in [-0.15, -0.1) is 0 Å². The molecular formula is C49H60N12O6S. The second-order valence-electron chi connectivity index (χ2n) is 18.3. The van der Waals surface area contributed by atoms with Crippen LogP contribution < -0.4 is 31.5 Å². The average Bonchev–Trinajstić information content (AvgIpc) is 3.68. The monoisotopic (exact) mass is 944 g/mol. The Balaban J connectivity index is 0.667. The Kier molecular flexibility index (Phi) is 15.6. The van der Waals surface area contributed by atoms with Crippen LogP contribution in [0, 0.1) is 5.41 Å². The largest absolute Gasteiger partial charge is 0.369 e. The standard InChI is InChI=1S/C49H60N12O6S/c1-49(47(50)67)17-20-59(21-18-49)40-30-52-43(31-51-40)68-36-12-9-11-35(26-36)56-41(62)14-6-4-2-3-5-7-19-58-22-24-60(25-23-58)48-54-28-34(29-55-48)44(64)53-27-33-10-8-13-37-38(33)32-61(46(37)66)39-15-16-42(63)57-45(39)65/h8-13,26,28-31,39H,2-7,14-25,27,32H2,1H3,(H2,50,67)(H,53,64)(H,56,62)(H,57,63,65). The number of nitrogens with two attached hydrogens (primary N) is 1. The SMILES string of the molecule is CC1(C(N)=O)CCN(c2cnc(Sc3cccc(NC(=O)CCCCCCCCN4CCN(c5ncc(C(=O)NCc6cccc7c6CN(C6CCC(=O)NC6=O)C7=O)cn5)CC4)c3)cn2)CC1. The van der Waals surface area contributed by atoms with Gasteiger partial charge in [0.15, 0.2) is 0 Å². The van der Waals surface area contributed by atoms with Crippen LogP contribution in [0.4, 0.5) is 17.5 Å². The third-order valence-corrected chi connectivity index (χ3v) is 14.5. The molecule has 1 unspecified atom stereocenters. The van der Waals surface area contributed by atoms with Gasteiger partial charge in [-0.1, -0.05) is 62.6 Å². The van der Waals surface area contributed by atoms with E-state index in [1.54, 1.807) is 36.9 Å². The Morgan fingerprint density at radius 3 is 2.29 bits per heavy atom. The number of aromatic nitrogens is 4. The van der Waals surface area contributed by atoms with Crippen molar-refractivity contribution in [3.05, 3.63) is 89.5 Å². The van der Waals surface area contributed by atoms with Crippen LogP contribution in [0.1, 0.15) is 109 Å². The lowest BCUT2D eigenvalue weighted by Crippen LogP contribution is -2.52. The smallest absolute Gasteiger partial charge is 0.255 e. The molecule has 4 aliphatic rings. The lowest BCUT2D eigenvalue weighted by Gasteiger charge is -2.37. The molecule has 18 nitrogen and oxygen atoms in total. The van der Waals surface area contributed by atoms with Crippen molar-refractivity contribution in [2.24, 2.45) is 11.1 Å². The second kappa shape index (κ2) is 22.1. The zero-order valence-corrected chi connectivity index (χ0v) is 39.4. The van der Waals surface area contributed by atoms with Crippen molar-refractivity contribution in [2.75, 3.05) is 60.9 Å². The van der Waals surface area contributed by atoms with Crippen molar-refractivity contribution >= 4 is 64.7 Å². The Morgan fingerprint density at radius 1 is 0.838 bits per heavy atom. The number of piperidine rings is 2. The molecule has 0 spiro atoms. The fraction of sp³-hybridized carbons (Fsp3) is 0.469. The minimum atomic E-state index is -0.703. The summed E-state index contributed by atoms with van der Waals surface area (Å²) < 4.78 is 0. The van der Waals surface area contributed by atoms with Gasteiger partial charge in [0, 0.05) is 99.2 Å². The number of hydrogen-bond donors (Lipinski definition) is 4. The minimum absolute atomic E-state index is 0.0158. The van der Waals surface area contributed by atoms with Crippen LogP contribution in [0.5, 0.6) is 0 Å². The highest BCUT2D eigenvalue weighted by atomic mass is 32.2. The number of anilines is 3. The molecule has 0 aliphatic carbocycles. The number of benzene rings is 2. The number of carbonyl (C=O) groups excluding carboxylic acids is 6. The van der Waals surface area contributed by atoms with Crippen molar-refractivity contribution in [2.45, 2.75) is 107 Å². The summed E-state index contributed by atoms with van der Waals surface area (Å²) in [6.07, 6.45) is 15.3. The lowest BCUT2D eigenvalue weighted by atomic mass is 9.80. The number of carbonyl (C=O) groups is 6. The van der Waals surface area contributed by atoms with E-state index in [0.717, 1.165) is 104 Å². The van der Waals surface area contributed by atoms with Gasteiger partial charge in [0.25, 0.3) is 11.8 Å². The number of nitrogens with zero attached hydrogens (tertiary/aromatic N) is 8. The molecule has 3 fully saturated rings. The molecule has 3 saturated heterocycles. The third-order valence-electron chi connectivity index (χ3n) is 13.5. The number of fused-ring (bicyclic) bond motifs is 1. The van der Waals surface area contributed by atoms with E-state index in [9.17, 15) is 28.8 Å². The first-order chi connectivity index (χ1) is 32.9. The third kappa shape index (κ3) is 12.0. The molecule has 68 heavy (non-hydrogen) atoms. The second-order valence-corrected chi connectivity index (χ2v) is 19.4. The normalized spacial score (nSPS) is 18.3. The van der Waals surface area contributed by atoms with Crippen LogP contribution in [0.3, 0.4) is 0 Å². The maximum absolute atomic E-state index is 13.2. The summed E-state index contributed by atoms with van der Waals surface area (Å²) in [7, 11) is 0. The summed E-state index contributed by atoms with van der Waals surface area (Å²) in [5.74, 6) is -0.230. The number of piperazine rings is 1. The molecule has 2 aromatic carbocycles. The highest BCUT2D eigenvalue weighted by Gasteiger charge is 2.40. The number of unbranched alkanes of at least 4 members (excludes halogenated alkanes) is 5. The van der Waals surface area contributed by atoms with E-state index in [1.807, 2.05) is 37.3 Å². The summed E-state index contributed by atoms with van der Waals surface area (Å²) in [6.45, 7) is 8.23. The zero-order valence-electron chi connectivity index (χ0n) is 38.6. The average molecular weight is 945 g/mol. The summed E-state index contributed by atoms with van der Waals surface area (Å²) >= 11 is 1.49. The van der Waals surface area contributed by atoms with Gasteiger partial charge < -0.3 is 31.1 Å².